The average Bonchev–Trinajstić information content (AvgIpc) is 2.69. The lowest BCUT2D eigenvalue weighted by Crippen LogP contribution is -2.25. The highest BCUT2D eigenvalue weighted by Crippen LogP contribution is 2.16. The summed E-state index contributed by atoms with van der Waals surface area (Å²) in [6, 6.07) is 6.71. The summed E-state index contributed by atoms with van der Waals surface area (Å²) in [5, 5.41) is 3.23. The fourth-order valence-corrected chi connectivity index (χ4v) is 2.96. The number of aryl methyl sites for hydroxylation is 3. The summed E-state index contributed by atoms with van der Waals surface area (Å²) < 4.78 is 0. The summed E-state index contributed by atoms with van der Waals surface area (Å²) in [5.74, 6) is 0. The summed E-state index contributed by atoms with van der Waals surface area (Å²) in [7, 11) is 0. The number of benzene rings is 1. The zero-order valence-electron chi connectivity index (χ0n) is 11.2. The number of rotatable bonds is 4. The van der Waals surface area contributed by atoms with Crippen molar-refractivity contribution >= 4 is 11.3 Å². The molecule has 0 aliphatic carbocycles. The van der Waals surface area contributed by atoms with Gasteiger partial charge in [-0.05, 0) is 38.3 Å². The van der Waals surface area contributed by atoms with Crippen molar-refractivity contribution in [2.45, 2.75) is 39.7 Å². The van der Waals surface area contributed by atoms with E-state index in [1.807, 2.05) is 6.92 Å². The molecule has 0 saturated heterocycles. The number of nitrogens with zero attached hydrogens (tertiary/aromatic N) is 1. The molecular formula is C15H20N2S. The Hall–Kier alpha value is -1.19. The van der Waals surface area contributed by atoms with Crippen LogP contribution in [-0.2, 0) is 12.8 Å². The van der Waals surface area contributed by atoms with Gasteiger partial charge in [-0.25, -0.2) is 4.98 Å². The Bertz CT molecular complexity index is 531. The minimum absolute atomic E-state index is 0.149. The molecule has 0 bridgehead atoms. The Morgan fingerprint density at radius 2 is 2.00 bits per heavy atom. The van der Waals surface area contributed by atoms with E-state index in [9.17, 15) is 0 Å². The summed E-state index contributed by atoms with van der Waals surface area (Å²) in [6.07, 6.45) is 1.79. The van der Waals surface area contributed by atoms with Crippen molar-refractivity contribution in [2.75, 3.05) is 0 Å². The summed E-state index contributed by atoms with van der Waals surface area (Å²) in [5.41, 5.74) is 11.3. The highest BCUT2D eigenvalue weighted by atomic mass is 32.1. The summed E-state index contributed by atoms with van der Waals surface area (Å²) in [6.45, 7) is 6.30. The van der Waals surface area contributed by atoms with Crippen LogP contribution in [0.1, 0.15) is 27.4 Å². The van der Waals surface area contributed by atoms with Gasteiger partial charge in [0.25, 0.3) is 0 Å². The van der Waals surface area contributed by atoms with Gasteiger partial charge in [-0.3, -0.25) is 0 Å². The minimum Gasteiger partial charge on any atom is -0.327 e. The Labute approximate surface area is 113 Å². The van der Waals surface area contributed by atoms with E-state index in [1.165, 1.54) is 16.7 Å². The molecule has 2 rings (SSSR count). The van der Waals surface area contributed by atoms with Crippen molar-refractivity contribution < 1.29 is 0 Å². The van der Waals surface area contributed by atoms with Crippen molar-refractivity contribution in [3.63, 3.8) is 0 Å². The highest BCUT2D eigenvalue weighted by molar-refractivity contribution is 7.09. The van der Waals surface area contributed by atoms with Gasteiger partial charge in [0.05, 0.1) is 5.01 Å². The molecule has 96 valence electrons. The molecule has 0 aliphatic heterocycles. The smallest absolute Gasteiger partial charge is 0.0943 e. The lowest BCUT2D eigenvalue weighted by molar-refractivity contribution is 0.659. The molecule has 2 nitrogen and oxygen atoms in total. The zero-order valence-corrected chi connectivity index (χ0v) is 12.1. The molecule has 1 aromatic carbocycles. The number of aromatic nitrogens is 1. The summed E-state index contributed by atoms with van der Waals surface area (Å²) in [4.78, 5) is 4.47. The lowest BCUT2D eigenvalue weighted by atomic mass is 9.98. The minimum atomic E-state index is 0.149. The maximum absolute atomic E-state index is 6.23. The van der Waals surface area contributed by atoms with Crippen LogP contribution < -0.4 is 5.73 Å². The third-order valence-electron chi connectivity index (χ3n) is 3.09. The van der Waals surface area contributed by atoms with Crippen molar-refractivity contribution in [3.8, 4) is 0 Å². The molecule has 0 amide bonds. The normalized spacial score (nSPS) is 12.7. The van der Waals surface area contributed by atoms with Crippen LogP contribution in [0.15, 0.2) is 23.6 Å². The molecule has 0 radical (unpaired) electrons. The second-order valence-corrected chi connectivity index (χ2v) is 5.92. The van der Waals surface area contributed by atoms with Crippen LogP contribution >= 0.6 is 11.3 Å². The lowest BCUT2D eigenvalue weighted by Gasteiger charge is -2.12. The third kappa shape index (κ3) is 3.40. The Morgan fingerprint density at radius 3 is 2.67 bits per heavy atom. The molecule has 1 atom stereocenters. The molecule has 0 spiro atoms. The Balaban J connectivity index is 2.02. The highest BCUT2D eigenvalue weighted by Gasteiger charge is 2.09. The van der Waals surface area contributed by atoms with Gasteiger partial charge in [-0.15, -0.1) is 11.3 Å². The molecule has 3 heteroatoms. The monoisotopic (exact) mass is 260 g/mol. The van der Waals surface area contributed by atoms with Gasteiger partial charge in [-0.2, -0.15) is 0 Å². The van der Waals surface area contributed by atoms with Gasteiger partial charge in [0.2, 0.25) is 0 Å². The van der Waals surface area contributed by atoms with Crippen molar-refractivity contribution in [3.05, 3.63) is 51.0 Å². The molecule has 18 heavy (non-hydrogen) atoms. The molecule has 0 saturated carbocycles. The van der Waals surface area contributed by atoms with Gasteiger partial charge in [0.15, 0.2) is 0 Å². The first-order chi connectivity index (χ1) is 8.54. The second-order valence-electron chi connectivity index (χ2n) is 4.98. The Morgan fingerprint density at radius 1 is 1.22 bits per heavy atom. The van der Waals surface area contributed by atoms with E-state index in [1.54, 1.807) is 11.3 Å². The molecule has 1 aromatic heterocycles. The van der Waals surface area contributed by atoms with Gasteiger partial charge in [0.1, 0.15) is 0 Å². The van der Waals surface area contributed by atoms with Crippen LogP contribution in [0.4, 0.5) is 0 Å². The molecule has 1 heterocycles. The molecule has 2 aromatic rings. The van der Waals surface area contributed by atoms with E-state index in [0.717, 1.165) is 23.5 Å². The topological polar surface area (TPSA) is 38.9 Å². The number of thiazole rings is 1. The SMILES string of the molecule is Cc1ccc(C)c(CC(N)Cc2nc(C)cs2)c1. The van der Waals surface area contributed by atoms with E-state index in [0.29, 0.717) is 0 Å². The summed E-state index contributed by atoms with van der Waals surface area (Å²) >= 11 is 1.70. The van der Waals surface area contributed by atoms with E-state index in [2.05, 4.69) is 42.4 Å². The number of hydrogen-bond acceptors (Lipinski definition) is 3. The van der Waals surface area contributed by atoms with Gasteiger partial charge < -0.3 is 5.73 Å². The number of hydrogen-bond donors (Lipinski definition) is 1. The molecule has 1 unspecified atom stereocenters. The van der Waals surface area contributed by atoms with Crippen LogP contribution in [0, 0.1) is 20.8 Å². The molecule has 2 N–H and O–H groups in total. The number of nitrogens with two attached hydrogens (primary N) is 1. The van der Waals surface area contributed by atoms with Gasteiger partial charge >= 0.3 is 0 Å². The first kappa shape index (κ1) is 13.2. The van der Waals surface area contributed by atoms with Crippen LogP contribution in [0.3, 0.4) is 0 Å². The van der Waals surface area contributed by atoms with E-state index in [4.69, 9.17) is 5.73 Å². The van der Waals surface area contributed by atoms with Crippen molar-refractivity contribution in [1.82, 2.24) is 4.98 Å². The standard InChI is InChI=1S/C15H20N2S/c1-10-4-5-11(2)13(6-10)7-14(16)8-15-17-12(3)9-18-15/h4-6,9,14H,7-8,16H2,1-3H3. The first-order valence-electron chi connectivity index (χ1n) is 6.27. The van der Waals surface area contributed by atoms with E-state index < -0.39 is 0 Å². The molecule has 0 aliphatic rings. The molecular weight excluding hydrogens is 240 g/mol. The maximum atomic E-state index is 6.23. The average molecular weight is 260 g/mol. The second kappa shape index (κ2) is 5.63. The quantitative estimate of drug-likeness (QED) is 0.917. The molecule has 0 fully saturated rings. The third-order valence-corrected chi connectivity index (χ3v) is 4.08. The fraction of sp³-hybridized carbons (Fsp3) is 0.400. The largest absolute Gasteiger partial charge is 0.327 e. The predicted octanol–water partition coefficient (Wildman–Crippen LogP) is 3.18. The zero-order chi connectivity index (χ0) is 13.1. The van der Waals surface area contributed by atoms with Crippen LogP contribution in [0.2, 0.25) is 0 Å². The van der Waals surface area contributed by atoms with Crippen LogP contribution in [-0.4, -0.2) is 11.0 Å². The van der Waals surface area contributed by atoms with Gasteiger partial charge in [-0.1, -0.05) is 23.8 Å². The van der Waals surface area contributed by atoms with E-state index in [-0.39, 0.29) is 6.04 Å². The van der Waals surface area contributed by atoms with Crippen molar-refractivity contribution in [1.29, 1.82) is 0 Å². The predicted molar refractivity (Wildman–Crippen MR) is 78.2 cm³/mol. The van der Waals surface area contributed by atoms with Crippen molar-refractivity contribution in [2.24, 2.45) is 5.73 Å². The maximum Gasteiger partial charge on any atom is 0.0943 e. The van der Waals surface area contributed by atoms with Crippen LogP contribution in [0.25, 0.3) is 0 Å². The first-order valence-corrected chi connectivity index (χ1v) is 7.15. The van der Waals surface area contributed by atoms with Gasteiger partial charge in [0, 0.05) is 23.5 Å². The van der Waals surface area contributed by atoms with Crippen LogP contribution in [0.5, 0.6) is 0 Å². The van der Waals surface area contributed by atoms with E-state index >= 15 is 0 Å². The Kier molecular flexibility index (Phi) is 4.15. The fourth-order valence-electron chi connectivity index (χ4n) is 2.10.